The number of nitrogens with zero attached hydrogens (tertiary/aromatic N) is 2. The van der Waals surface area contributed by atoms with Gasteiger partial charge in [0.05, 0.1) is 6.54 Å². The molecule has 0 bridgehead atoms. The number of hydrogen-bond acceptors (Lipinski definition) is 5. The number of aromatic nitrogens is 1. The molecule has 3 amide bonds. The maximum atomic E-state index is 12.8. The second-order valence-corrected chi connectivity index (χ2v) is 7.35. The smallest absolute Gasteiger partial charge is 0.258 e. The van der Waals surface area contributed by atoms with Gasteiger partial charge in [0.1, 0.15) is 17.6 Å². The van der Waals surface area contributed by atoms with Gasteiger partial charge in [0.2, 0.25) is 11.8 Å². The number of anilines is 1. The van der Waals surface area contributed by atoms with Crippen molar-refractivity contribution in [1.29, 1.82) is 0 Å². The highest BCUT2D eigenvalue weighted by molar-refractivity contribution is 5.95. The Bertz CT molecular complexity index is 870. The molecule has 2 rings (SSSR count). The van der Waals surface area contributed by atoms with E-state index in [0.29, 0.717) is 11.6 Å². The monoisotopic (exact) mass is 412 g/mol. The molecule has 0 aliphatic rings. The Hall–Kier alpha value is -3.42. The summed E-state index contributed by atoms with van der Waals surface area (Å²) in [6, 6.07) is 11.7. The van der Waals surface area contributed by atoms with Crippen molar-refractivity contribution in [3.8, 4) is 5.75 Å². The number of pyridine rings is 1. The van der Waals surface area contributed by atoms with E-state index < -0.39 is 11.9 Å². The summed E-state index contributed by atoms with van der Waals surface area (Å²) in [5, 5.41) is 5.36. The second kappa shape index (κ2) is 10.9. The minimum atomic E-state index is -0.772. The van der Waals surface area contributed by atoms with Gasteiger partial charge < -0.3 is 20.3 Å². The molecule has 2 N–H and O–H groups in total. The number of hydrogen-bond donors (Lipinski definition) is 2. The maximum absolute atomic E-state index is 12.8. The summed E-state index contributed by atoms with van der Waals surface area (Å²) in [6.07, 6.45) is 1.60. The molecule has 30 heavy (non-hydrogen) atoms. The summed E-state index contributed by atoms with van der Waals surface area (Å²) in [4.78, 5) is 42.7. The third-order valence-corrected chi connectivity index (χ3v) is 4.30. The van der Waals surface area contributed by atoms with Gasteiger partial charge in [-0.15, -0.1) is 0 Å². The van der Waals surface area contributed by atoms with Gasteiger partial charge in [-0.25, -0.2) is 4.98 Å². The first-order valence-corrected chi connectivity index (χ1v) is 9.71. The fourth-order valence-electron chi connectivity index (χ4n) is 2.71. The number of rotatable bonds is 9. The number of likely N-dealkylation sites (N-methyl/N-ethyl adjacent to an activating group) is 1. The summed E-state index contributed by atoms with van der Waals surface area (Å²) in [5.41, 5.74) is 0.963. The lowest BCUT2D eigenvalue weighted by molar-refractivity contribution is -0.138. The SMILES string of the molecule is Cc1ccnc(NC(=O)CN(C)C(=O)C(NC(=O)COc2ccccc2)C(C)C)c1. The topological polar surface area (TPSA) is 101 Å². The van der Waals surface area contributed by atoms with E-state index in [9.17, 15) is 14.4 Å². The zero-order chi connectivity index (χ0) is 22.1. The van der Waals surface area contributed by atoms with Crippen LogP contribution in [0.5, 0.6) is 5.75 Å². The van der Waals surface area contributed by atoms with Gasteiger partial charge in [-0.3, -0.25) is 14.4 Å². The number of ether oxygens (including phenoxy) is 1. The first-order chi connectivity index (χ1) is 14.3. The molecule has 0 aliphatic heterocycles. The van der Waals surface area contributed by atoms with Crippen LogP contribution in [0.2, 0.25) is 0 Å². The minimum Gasteiger partial charge on any atom is -0.484 e. The predicted octanol–water partition coefficient (Wildman–Crippen LogP) is 2.01. The zero-order valence-corrected chi connectivity index (χ0v) is 17.7. The average molecular weight is 412 g/mol. The van der Waals surface area contributed by atoms with Crippen LogP contribution in [0.3, 0.4) is 0 Å². The highest BCUT2D eigenvalue weighted by Gasteiger charge is 2.28. The summed E-state index contributed by atoms with van der Waals surface area (Å²) in [6.45, 7) is 5.18. The van der Waals surface area contributed by atoms with Gasteiger partial charge in [0, 0.05) is 13.2 Å². The van der Waals surface area contributed by atoms with Gasteiger partial charge in [-0.1, -0.05) is 32.0 Å². The lowest BCUT2D eigenvalue weighted by Crippen LogP contribution is -2.52. The van der Waals surface area contributed by atoms with Crippen LogP contribution in [-0.2, 0) is 14.4 Å². The number of nitrogens with one attached hydrogen (secondary N) is 2. The van der Waals surface area contributed by atoms with Crippen molar-refractivity contribution in [2.24, 2.45) is 5.92 Å². The van der Waals surface area contributed by atoms with Gasteiger partial charge >= 0.3 is 0 Å². The number of amides is 3. The highest BCUT2D eigenvalue weighted by Crippen LogP contribution is 2.10. The quantitative estimate of drug-likeness (QED) is 0.656. The van der Waals surface area contributed by atoms with Crippen molar-refractivity contribution < 1.29 is 19.1 Å². The molecule has 0 spiro atoms. The van der Waals surface area contributed by atoms with E-state index in [0.717, 1.165) is 5.56 Å². The molecule has 2 aromatic rings. The van der Waals surface area contributed by atoms with Crippen LogP contribution in [-0.4, -0.2) is 53.8 Å². The van der Waals surface area contributed by atoms with Crippen molar-refractivity contribution in [2.75, 3.05) is 25.5 Å². The van der Waals surface area contributed by atoms with Crippen LogP contribution in [0, 0.1) is 12.8 Å². The van der Waals surface area contributed by atoms with Crippen molar-refractivity contribution in [1.82, 2.24) is 15.2 Å². The van der Waals surface area contributed by atoms with Crippen LogP contribution < -0.4 is 15.4 Å². The molecule has 160 valence electrons. The second-order valence-electron chi connectivity index (χ2n) is 7.35. The van der Waals surface area contributed by atoms with E-state index in [4.69, 9.17) is 4.74 Å². The van der Waals surface area contributed by atoms with Crippen molar-refractivity contribution in [3.63, 3.8) is 0 Å². The first kappa shape index (κ1) is 22.9. The lowest BCUT2D eigenvalue weighted by atomic mass is 10.0. The zero-order valence-electron chi connectivity index (χ0n) is 17.7. The minimum absolute atomic E-state index is 0.159. The molecule has 1 heterocycles. The van der Waals surface area contributed by atoms with Crippen molar-refractivity contribution >= 4 is 23.5 Å². The van der Waals surface area contributed by atoms with Crippen LogP contribution in [0.4, 0.5) is 5.82 Å². The lowest BCUT2D eigenvalue weighted by Gasteiger charge is -2.26. The summed E-state index contributed by atoms with van der Waals surface area (Å²) in [7, 11) is 1.52. The number of carbonyl (C=O) groups excluding carboxylic acids is 3. The molecule has 1 unspecified atom stereocenters. The Labute approximate surface area is 176 Å². The van der Waals surface area contributed by atoms with Crippen molar-refractivity contribution in [3.05, 3.63) is 54.2 Å². The van der Waals surface area contributed by atoms with E-state index in [1.165, 1.54) is 11.9 Å². The average Bonchev–Trinajstić information content (AvgIpc) is 2.70. The molecule has 0 saturated heterocycles. The van der Waals surface area contributed by atoms with E-state index in [2.05, 4.69) is 15.6 Å². The molecule has 1 atom stereocenters. The summed E-state index contributed by atoms with van der Waals surface area (Å²) >= 11 is 0. The fraction of sp³-hybridized carbons (Fsp3) is 0.364. The standard InChI is InChI=1S/C22H28N4O4/c1-15(2)21(25-20(28)14-30-17-8-6-5-7-9-17)22(29)26(4)13-19(27)24-18-12-16(3)10-11-23-18/h5-12,15,21H,13-14H2,1-4H3,(H,25,28)(H,23,24,27). The van der Waals surface area contributed by atoms with E-state index in [1.807, 2.05) is 32.9 Å². The first-order valence-electron chi connectivity index (χ1n) is 9.71. The van der Waals surface area contributed by atoms with Gasteiger partial charge in [0.15, 0.2) is 6.61 Å². The highest BCUT2D eigenvalue weighted by atomic mass is 16.5. The number of para-hydroxylation sites is 1. The number of aryl methyl sites for hydroxylation is 1. The largest absolute Gasteiger partial charge is 0.484 e. The molecule has 0 saturated carbocycles. The number of benzene rings is 1. The molecule has 0 radical (unpaired) electrons. The molecule has 1 aromatic carbocycles. The summed E-state index contributed by atoms with van der Waals surface area (Å²) < 4.78 is 5.42. The van der Waals surface area contributed by atoms with E-state index in [1.54, 1.807) is 36.5 Å². The Morgan fingerprint density at radius 1 is 1.10 bits per heavy atom. The van der Waals surface area contributed by atoms with Crippen LogP contribution in [0.25, 0.3) is 0 Å². The number of carbonyl (C=O) groups is 3. The van der Waals surface area contributed by atoms with Crippen LogP contribution >= 0.6 is 0 Å². The molecular weight excluding hydrogens is 384 g/mol. The van der Waals surface area contributed by atoms with Gasteiger partial charge in [0.25, 0.3) is 5.91 Å². The molecule has 8 heteroatoms. The Morgan fingerprint density at radius 3 is 2.43 bits per heavy atom. The van der Waals surface area contributed by atoms with Gasteiger partial charge in [-0.2, -0.15) is 0 Å². The van der Waals surface area contributed by atoms with Crippen LogP contribution in [0.15, 0.2) is 48.7 Å². The molecular formula is C22H28N4O4. The fourth-order valence-corrected chi connectivity index (χ4v) is 2.71. The van der Waals surface area contributed by atoms with Gasteiger partial charge in [-0.05, 0) is 42.7 Å². The van der Waals surface area contributed by atoms with E-state index in [-0.39, 0.29) is 30.9 Å². The third-order valence-electron chi connectivity index (χ3n) is 4.30. The molecule has 0 aliphatic carbocycles. The van der Waals surface area contributed by atoms with E-state index >= 15 is 0 Å². The molecule has 0 fully saturated rings. The van der Waals surface area contributed by atoms with Crippen molar-refractivity contribution in [2.45, 2.75) is 26.8 Å². The Kier molecular flexibility index (Phi) is 8.34. The third kappa shape index (κ3) is 7.20. The molecule has 8 nitrogen and oxygen atoms in total. The normalized spacial score (nSPS) is 11.5. The summed E-state index contributed by atoms with van der Waals surface area (Å²) in [5.74, 6) is -0.309. The Morgan fingerprint density at radius 2 is 1.80 bits per heavy atom. The molecule has 1 aromatic heterocycles. The maximum Gasteiger partial charge on any atom is 0.258 e. The predicted molar refractivity (Wildman–Crippen MR) is 114 cm³/mol. The Balaban J connectivity index is 1.89. The van der Waals surface area contributed by atoms with Crippen LogP contribution in [0.1, 0.15) is 19.4 Å².